The number of hydrogen-bond donors (Lipinski definition) is 1. The van der Waals surface area contributed by atoms with E-state index in [0.29, 0.717) is 12.5 Å². The van der Waals surface area contributed by atoms with Gasteiger partial charge in [-0.25, -0.2) is 0 Å². The molecule has 1 N–H and O–H groups in total. The Morgan fingerprint density at radius 1 is 1.29 bits per heavy atom. The first-order chi connectivity index (χ1) is 8.04. The molecule has 96 valence electrons. The van der Waals surface area contributed by atoms with Crippen molar-refractivity contribution in [2.24, 2.45) is 5.92 Å². The second-order valence-electron chi connectivity index (χ2n) is 4.60. The second kappa shape index (κ2) is 7.02. The highest BCUT2D eigenvalue weighted by atomic mass is 79.9. The Balaban J connectivity index is 2.70. The molecule has 3 heteroatoms. The maximum atomic E-state index is 10.1. The Labute approximate surface area is 112 Å². The topological polar surface area (TPSA) is 29.5 Å². The average molecular weight is 301 g/mol. The van der Waals surface area contributed by atoms with E-state index in [4.69, 9.17) is 4.74 Å². The summed E-state index contributed by atoms with van der Waals surface area (Å²) in [7, 11) is 0. The highest BCUT2D eigenvalue weighted by Gasteiger charge is 2.12. The summed E-state index contributed by atoms with van der Waals surface area (Å²) in [5.74, 6) is 1.45. The fourth-order valence-electron chi connectivity index (χ4n) is 1.68. The fourth-order valence-corrected chi connectivity index (χ4v) is 2.30. The SMILES string of the molecule is CCOc1ccc(C(O)CCC(C)C)c(Br)c1. The normalized spacial score (nSPS) is 12.8. The Bertz CT molecular complexity index is 350. The van der Waals surface area contributed by atoms with E-state index in [1.807, 2.05) is 25.1 Å². The summed E-state index contributed by atoms with van der Waals surface area (Å²) in [5.41, 5.74) is 0.939. The molecular formula is C14H21BrO2. The molecular weight excluding hydrogens is 280 g/mol. The summed E-state index contributed by atoms with van der Waals surface area (Å²) in [6.45, 7) is 6.95. The van der Waals surface area contributed by atoms with Crippen LogP contribution in [0.4, 0.5) is 0 Å². The van der Waals surface area contributed by atoms with E-state index >= 15 is 0 Å². The summed E-state index contributed by atoms with van der Waals surface area (Å²) in [6.07, 6.45) is 1.42. The van der Waals surface area contributed by atoms with Gasteiger partial charge in [0.05, 0.1) is 12.7 Å². The van der Waals surface area contributed by atoms with Crippen LogP contribution in [0.15, 0.2) is 22.7 Å². The highest BCUT2D eigenvalue weighted by Crippen LogP contribution is 2.30. The lowest BCUT2D eigenvalue weighted by molar-refractivity contribution is 0.158. The number of halogens is 1. The van der Waals surface area contributed by atoms with Crippen LogP contribution in [0.5, 0.6) is 5.75 Å². The molecule has 0 amide bonds. The van der Waals surface area contributed by atoms with Crippen molar-refractivity contribution in [3.05, 3.63) is 28.2 Å². The van der Waals surface area contributed by atoms with Crippen molar-refractivity contribution in [1.82, 2.24) is 0 Å². The van der Waals surface area contributed by atoms with Gasteiger partial charge in [-0.15, -0.1) is 0 Å². The van der Waals surface area contributed by atoms with Crippen molar-refractivity contribution in [3.8, 4) is 5.75 Å². The van der Waals surface area contributed by atoms with Gasteiger partial charge < -0.3 is 9.84 Å². The number of hydrogen-bond acceptors (Lipinski definition) is 2. The summed E-state index contributed by atoms with van der Waals surface area (Å²) < 4.78 is 6.32. The zero-order valence-corrected chi connectivity index (χ0v) is 12.3. The highest BCUT2D eigenvalue weighted by molar-refractivity contribution is 9.10. The third-order valence-corrected chi connectivity index (χ3v) is 3.35. The minimum atomic E-state index is -0.401. The molecule has 0 saturated heterocycles. The summed E-state index contributed by atoms with van der Waals surface area (Å²) in [5, 5.41) is 10.1. The zero-order chi connectivity index (χ0) is 12.8. The van der Waals surface area contributed by atoms with E-state index in [-0.39, 0.29) is 0 Å². The van der Waals surface area contributed by atoms with Gasteiger partial charge in [0, 0.05) is 4.47 Å². The van der Waals surface area contributed by atoms with Crippen molar-refractivity contribution < 1.29 is 9.84 Å². The van der Waals surface area contributed by atoms with Gasteiger partial charge in [-0.05, 0) is 43.4 Å². The molecule has 0 aliphatic carbocycles. The molecule has 0 aliphatic rings. The molecule has 0 saturated carbocycles. The summed E-state index contributed by atoms with van der Waals surface area (Å²) in [6, 6.07) is 5.75. The third-order valence-electron chi connectivity index (χ3n) is 2.66. The summed E-state index contributed by atoms with van der Waals surface area (Å²) in [4.78, 5) is 0. The standard InChI is InChI=1S/C14H21BrO2/c1-4-17-11-6-7-12(13(15)9-11)14(16)8-5-10(2)3/h6-7,9-10,14,16H,4-5,8H2,1-3H3. The van der Waals surface area contributed by atoms with Gasteiger partial charge in [0.2, 0.25) is 0 Å². The van der Waals surface area contributed by atoms with Crippen molar-refractivity contribution in [3.63, 3.8) is 0 Å². The number of aliphatic hydroxyl groups excluding tert-OH is 1. The molecule has 0 aliphatic heterocycles. The number of aliphatic hydroxyl groups is 1. The number of ether oxygens (including phenoxy) is 1. The van der Waals surface area contributed by atoms with Crippen LogP contribution in [0.1, 0.15) is 45.3 Å². The predicted molar refractivity (Wildman–Crippen MR) is 74.3 cm³/mol. The minimum Gasteiger partial charge on any atom is -0.494 e. The molecule has 0 fully saturated rings. The van der Waals surface area contributed by atoms with Gasteiger partial charge in [0.25, 0.3) is 0 Å². The lowest BCUT2D eigenvalue weighted by Gasteiger charge is -2.15. The molecule has 1 rings (SSSR count). The van der Waals surface area contributed by atoms with Gasteiger partial charge in [-0.3, -0.25) is 0 Å². The number of benzene rings is 1. The van der Waals surface area contributed by atoms with Crippen molar-refractivity contribution in [2.45, 2.75) is 39.7 Å². The predicted octanol–water partition coefficient (Wildman–Crippen LogP) is 4.32. The molecule has 17 heavy (non-hydrogen) atoms. The fraction of sp³-hybridized carbons (Fsp3) is 0.571. The lowest BCUT2D eigenvalue weighted by Crippen LogP contribution is -2.01. The Morgan fingerprint density at radius 3 is 2.53 bits per heavy atom. The first kappa shape index (κ1) is 14.5. The Kier molecular flexibility index (Phi) is 6.00. The third kappa shape index (κ3) is 4.68. The lowest BCUT2D eigenvalue weighted by atomic mass is 10.00. The van der Waals surface area contributed by atoms with Crippen LogP contribution in [0.3, 0.4) is 0 Å². The number of rotatable bonds is 6. The van der Waals surface area contributed by atoms with Gasteiger partial charge in [-0.1, -0.05) is 35.8 Å². The van der Waals surface area contributed by atoms with Gasteiger partial charge >= 0.3 is 0 Å². The molecule has 0 heterocycles. The van der Waals surface area contributed by atoms with E-state index in [2.05, 4.69) is 29.8 Å². The monoisotopic (exact) mass is 300 g/mol. The molecule has 0 bridgehead atoms. The molecule has 1 atom stereocenters. The van der Waals surface area contributed by atoms with Crippen LogP contribution in [-0.4, -0.2) is 11.7 Å². The van der Waals surface area contributed by atoms with Crippen LogP contribution in [0, 0.1) is 5.92 Å². The molecule has 0 aromatic heterocycles. The maximum Gasteiger partial charge on any atom is 0.120 e. The molecule has 1 aromatic carbocycles. The molecule has 1 unspecified atom stereocenters. The van der Waals surface area contributed by atoms with Crippen molar-refractivity contribution in [2.75, 3.05) is 6.61 Å². The Hall–Kier alpha value is -0.540. The zero-order valence-electron chi connectivity index (χ0n) is 10.7. The molecule has 0 radical (unpaired) electrons. The molecule has 2 nitrogen and oxygen atoms in total. The van der Waals surface area contributed by atoms with E-state index in [0.717, 1.165) is 28.6 Å². The van der Waals surface area contributed by atoms with Gasteiger partial charge in [-0.2, -0.15) is 0 Å². The second-order valence-corrected chi connectivity index (χ2v) is 5.46. The smallest absolute Gasteiger partial charge is 0.120 e. The van der Waals surface area contributed by atoms with Gasteiger partial charge in [0.15, 0.2) is 0 Å². The van der Waals surface area contributed by atoms with Gasteiger partial charge in [0.1, 0.15) is 5.75 Å². The van der Waals surface area contributed by atoms with E-state index < -0.39 is 6.10 Å². The van der Waals surface area contributed by atoms with Crippen LogP contribution >= 0.6 is 15.9 Å². The molecule has 0 spiro atoms. The summed E-state index contributed by atoms with van der Waals surface area (Å²) >= 11 is 3.48. The van der Waals surface area contributed by atoms with Crippen LogP contribution in [0.2, 0.25) is 0 Å². The van der Waals surface area contributed by atoms with Crippen molar-refractivity contribution >= 4 is 15.9 Å². The maximum absolute atomic E-state index is 10.1. The average Bonchev–Trinajstić information content (AvgIpc) is 2.26. The Morgan fingerprint density at radius 2 is 2.00 bits per heavy atom. The van der Waals surface area contributed by atoms with Crippen LogP contribution in [-0.2, 0) is 0 Å². The van der Waals surface area contributed by atoms with E-state index in [9.17, 15) is 5.11 Å². The van der Waals surface area contributed by atoms with Crippen LogP contribution in [0.25, 0.3) is 0 Å². The first-order valence-electron chi connectivity index (χ1n) is 6.14. The van der Waals surface area contributed by atoms with Crippen molar-refractivity contribution in [1.29, 1.82) is 0 Å². The first-order valence-corrected chi connectivity index (χ1v) is 6.94. The van der Waals surface area contributed by atoms with E-state index in [1.165, 1.54) is 0 Å². The minimum absolute atomic E-state index is 0.401. The largest absolute Gasteiger partial charge is 0.494 e. The quantitative estimate of drug-likeness (QED) is 0.848. The van der Waals surface area contributed by atoms with E-state index in [1.54, 1.807) is 0 Å². The molecule has 1 aromatic rings. The van der Waals surface area contributed by atoms with Crippen LogP contribution < -0.4 is 4.74 Å².